The summed E-state index contributed by atoms with van der Waals surface area (Å²) in [6, 6.07) is 0.379. The van der Waals surface area contributed by atoms with E-state index >= 15 is 0 Å². The van der Waals surface area contributed by atoms with Crippen LogP contribution in [-0.4, -0.2) is 34.1 Å². The minimum atomic E-state index is -0.452. The normalized spacial score (nSPS) is 21.6. The number of rotatable bonds is 5. The number of aromatic nitrogens is 2. The van der Waals surface area contributed by atoms with Crippen molar-refractivity contribution in [2.24, 2.45) is 5.92 Å². The third-order valence-electron chi connectivity index (χ3n) is 3.88. The number of carbonyl (C=O) groups excluding carboxylic acids is 1. The van der Waals surface area contributed by atoms with E-state index in [1.54, 1.807) is 0 Å². The fraction of sp³-hybridized carbons (Fsp3) is 0.750. The van der Waals surface area contributed by atoms with Gasteiger partial charge in [0.2, 0.25) is 0 Å². The summed E-state index contributed by atoms with van der Waals surface area (Å²) in [7, 11) is 0. The van der Waals surface area contributed by atoms with Crippen molar-refractivity contribution in [3.05, 3.63) is 12.4 Å². The van der Waals surface area contributed by atoms with Gasteiger partial charge in [0.25, 0.3) is 0 Å². The molecule has 1 fully saturated rings. The van der Waals surface area contributed by atoms with Gasteiger partial charge in [0.05, 0.1) is 11.9 Å². The molecule has 1 aliphatic rings. The van der Waals surface area contributed by atoms with E-state index in [-0.39, 0.29) is 6.09 Å². The summed E-state index contributed by atoms with van der Waals surface area (Å²) in [5.41, 5.74) is 0.600. The SMILES string of the molecule is CCn1cc(NC2CCCC2CNC(=O)OC(C)(C)C)cn1. The van der Waals surface area contributed by atoms with Gasteiger partial charge >= 0.3 is 6.09 Å². The highest BCUT2D eigenvalue weighted by molar-refractivity contribution is 5.67. The molecule has 124 valence electrons. The average molecular weight is 308 g/mol. The minimum absolute atomic E-state index is 0.336. The molecule has 1 aliphatic carbocycles. The van der Waals surface area contributed by atoms with E-state index < -0.39 is 5.60 Å². The van der Waals surface area contributed by atoms with E-state index in [4.69, 9.17) is 4.74 Å². The number of hydrogen-bond acceptors (Lipinski definition) is 4. The predicted octanol–water partition coefficient (Wildman–Crippen LogP) is 3.01. The zero-order valence-electron chi connectivity index (χ0n) is 14.1. The molecule has 0 spiro atoms. The zero-order chi connectivity index (χ0) is 16.2. The van der Waals surface area contributed by atoms with Crippen LogP contribution in [0.15, 0.2) is 12.4 Å². The molecule has 6 nitrogen and oxygen atoms in total. The van der Waals surface area contributed by atoms with Gasteiger partial charge in [-0.25, -0.2) is 4.79 Å². The number of nitrogens with one attached hydrogen (secondary N) is 2. The highest BCUT2D eigenvalue weighted by Crippen LogP contribution is 2.28. The van der Waals surface area contributed by atoms with Crippen LogP contribution in [0.1, 0.15) is 47.0 Å². The van der Waals surface area contributed by atoms with Crippen LogP contribution in [0.5, 0.6) is 0 Å². The Labute approximate surface area is 132 Å². The Kier molecular flexibility index (Phi) is 5.32. The molecule has 2 rings (SSSR count). The van der Waals surface area contributed by atoms with E-state index in [9.17, 15) is 4.79 Å². The van der Waals surface area contributed by atoms with E-state index in [1.165, 1.54) is 6.42 Å². The quantitative estimate of drug-likeness (QED) is 0.877. The van der Waals surface area contributed by atoms with E-state index in [0.29, 0.717) is 18.5 Å². The van der Waals surface area contributed by atoms with Gasteiger partial charge in [-0.3, -0.25) is 4.68 Å². The monoisotopic (exact) mass is 308 g/mol. The number of hydrogen-bond donors (Lipinski definition) is 2. The molecule has 2 N–H and O–H groups in total. The van der Waals surface area contributed by atoms with Crippen LogP contribution < -0.4 is 10.6 Å². The van der Waals surface area contributed by atoms with Crippen molar-refractivity contribution in [3.8, 4) is 0 Å². The Bertz CT molecular complexity index is 493. The van der Waals surface area contributed by atoms with Gasteiger partial charge in [-0.1, -0.05) is 6.42 Å². The first-order valence-electron chi connectivity index (χ1n) is 8.13. The van der Waals surface area contributed by atoms with Gasteiger partial charge in [0, 0.05) is 25.3 Å². The molecule has 0 radical (unpaired) electrons. The van der Waals surface area contributed by atoms with Crippen molar-refractivity contribution < 1.29 is 9.53 Å². The summed E-state index contributed by atoms with van der Waals surface area (Å²) >= 11 is 0. The standard InChI is InChI=1S/C16H28N4O2/c1-5-20-11-13(10-18-20)19-14-8-6-7-12(14)9-17-15(21)22-16(2,3)4/h10-12,14,19H,5-9H2,1-4H3,(H,17,21). The number of aryl methyl sites for hydroxylation is 1. The number of anilines is 1. The molecule has 1 aromatic heterocycles. The van der Waals surface area contributed by atoms with E-state index in [2.05, 4.69) is 22.7 Å². The Balaban J connectivity index is 1.81. The fourth-order valence-electron chi connectivity index (χ4n) is 2.82. The van der Waals surface area contributed by atoms with Gasteiger partial charge in [-0.05, 0) is 46.5 Å². The van der Waals surface area contributed by atoms with Crippen molar-refractivity contribution in [2.75, 3.05) is 11.9 Å². The third-order valence-corrected chi connectivity index (χ3v) is 3.88. The number of amides is 1. The molecular formula is C16H28N4O2. The van der Waals surface area contributed by atoms with E-state index in [1.807, 2.05) is 37.8 Å². The topological polar surface area (TPSA) is 68.2 Å². The second kappa shape index (κ2) is 7.03. The first kappa shape index (κ1) is 16.6. The van der Waals surface area contributed by atoms with Crippen LogP contribution in [0.25, 0.3) is 0 Å². The van der Waals surface area contributed by atoms with Crippen LogP contribution >= 0.6 is 0 Å². The molecular weight excluding hydrogens is 280 g/mol. The lowest BCUT2D eigenvalue weighted by Crippen LogP contribution is -2.38. The molecule has 1 saturated carbocycles. The number of nitrogens with zero attached hydrogens (tertiary/aromatic N) is 2. The van der Waals surface area contributed by atoms with Crippen molar-refractivity contribution >= 4 is 11.8 Å². The Morgan fingerprint density at radius 2 is 2.23 bits per heavy atom. The van der Waals surface area contributed by atoms with Gasteiger partial charge in [0.1, 0.15) is 5.60 Å². The molecule has 0 saturated heterocycles. The molecule has 22 heavy (non-hydrogen) atoms. The van der Waals surface area contributed by atoms with Crippen LogP contribution in [0.4, 0.5) is 10.5 Å². The van der Waals surface area contributed by atoms with Crippen LogP contribution in [0.3, 0.4) is 0 Å². The highest BCUT2D eigenvalue weighted by atomic mass is 16.6. The molecule has 1 heterocycles. The van der Waals surface area contributed by atoms with Crippen LogP contribution in [-0.2, 0) is 11.3 Å². The summed E-state index contributed by atoms with van der Waals surface area (Å²) < 4.78 is 7.19. The van der Waals surface area contributed by atoms with Crippen molar-refractivity contribution in [3.63, 3.8) is 0 Å². The largest absolute Gasteiger partial charge is 0.444 e. The molecule has 0 aromatic carbocycles. The third kappa shape index (κ3) is 4.93. The summed E-state index contributed by atoms with van der Waals surface area (Å²) in [4.78, 5) is 11.8. The molecule has 0 aliphatic heterocycles. The van der Waals surface area contributed by atoms with Crippen LogP contribution in [0.2, 0.25) is 0 Å². The first-order valence-corrected chi connectivity index (χ1v) is 8.13. The number of carbonyl (C=O) groups is 1. The molecule has 1 amide bonds. The van der Waals surface area contributed by atoms with E-state index in [0.717, 1.165) is 25.1 Å². The molecule has 6 heteroatoms. The zero-order valence-corrected chi connectivity index (χ0v) is 14.1. The summed E-state index contributed by atoms with van der Waals surface area (Å²) in [6.45, 7) is 9.21. The molecule has 1 aromatic rings. The number of alkyl carbamates (subject to hydrolysis) is 1. The highest BCUT2D eigenvalue weighted by Gasteiger charge is 2.28. The van der Waals surface area contributed by atoms with Crippen molar-refractivity contribution in [1.82, 2.24) is 15.1 Å². The molecule has 2 atom stereocenters. The maximum absolute atomic E-state index is 11.8. The van der Waals surface area contributed by atoms with Crippen LogP contribution in [0, 0.1) is 5.92 Å². The summed E-state index contributed by atoms with van der Waals surface area (Å²) in [5.74, 6) is 0.428. The average Bonchev–Trinajstić information content (AvgIpc) is 3.04. The van der Waals surface area contributed by atoms with Gasteiger partial charge in [0.15, 0.2) is 0 Å². The minimum Gasteiger partial charge on any atom is -0.444 e. The smallest absolute Gasteiger partial charge is 0.407 e. The second-order valence-corrected chi connectivity index (χ2v) is 6.91. The molecule has 2 unspecified atom stereocenters. The molecule has 0 bridgehead atoms. The summed E-state index contributed by atoms with van der Waals surface area (Å²) in [6.07, 6.45) is 6.97. The predicted molar refractivity (Wildman–Crippen MR) is 86.9 cm³/mol. The lowest BCUT2D eigenvalue weighted by Gasteiger charge is -2.23. The Morgan fingerprint density at radius 1 is 1.45 bits per heavy atom. The van der Waals surface area contributed by atoms with Gasteiger partial charge in [-0.15, -0.1) is 0 Å². The van der Waals surface area contributed by atoms with Crippen molar-refractivity contribution in [2.45, 2.75) is 65.1 Å². The Morgan fingerprint density at radius 3 is 2.86 bits per heavy atom. The van der Waals surface area contributed by atoms with Crippen molar-refractivity contribution in [1.29, 1.82) is 0 Å². The second-order valence-electron chi connectivity index (χ2n) is 6.91. The summed E-state index contributed by atoms with van der Waals surface area (Å²) in [5, 5.41) is 10.7. The van der Waals surface area contributed by atoms with Gasteiger partial charge in [-0.2, -0.15) is 5.10 Å². The Hall–Kier alpha value is -1.72. The first-order chi connectivity index (χ1) is 10.4. The lowest BCUT2D eigenvalue weighted by atomic mass is 10.0. The fourth-order valence-corrected chi connectivity index (χ4v) is 2.82. The lowest BCUT2D eigenvalue weighted by molar-refractivity contribution is 0.0519. The van der Waals surface area contributed by atoms with Gasteiger partial charge < -0.3 is 15.4 Å². The maximum atomic E-state index is 11.8. The maximum Gasteiger partial charge on any atom is 0.407 e. The number of ether oxygens (including phenoxy) is 1.